The van der Waals surface area contributed by atoms with Gasteiger partial charge in [0.05, 0.1) is 5.60 Å². The standard InChI is InChI=1S/C19H16O3/c1-19(22)8-7-11-5-6-13-14(16(11)10-19)9-15-12(18(13)21)3-2-4-17(15)20/h2-6,9,22H,7-8,10H2,1H3/t19-/m0/s1. The summed E-state index contributed by atoms with van der Waals surface area (Å²) in [5.41, 5.74) is 3.82. The van der Waals surface area contributed by atoms with Gasteiger partial charge in [-0.2, -0.15) is 0 Å². The van der Waals surface area contributed by atoms with Crippen molar-refractivity contribution in [1.82, 2.24) is 0 Å². The Kier molecular flexibility index (Phi) is 2.66. The average Bonchev–Trinajstić information content (AvgIpc) is 2.48. The van der Waals surface area contributed by atoms with Gasteiger partial charge in [0.2, 0.25) is 0 Å². The zero-order chi connectivity index (χ0) is 15.5. The van der Waals surface area contributed by atoms with Crippen molar-refractivity contribution in [1.29, 1.82) is 0 Å². The molecular formula is C19H16O3. The molecule has 0 spiro atoms. The van der Waals surface area contributed by atoms with Gasteiger partial charge in [-0.1, -0.05) is 24.3 Å². The maximum atomic E-state index is 12.7. The number of benzene rings is 1. The van der Waals surface area contributed by atoms with Crippen LogP contribution >= 0.6 is 0 Å². The number of hydrogen-bond donors (Lipinski definition) is 1. The molecule has 0 aliphatic heterocycles. The monoisotopic (exact) mass is 292 g/mol. The van der Waals surface area contributed by atoms with E-state index in [2.05, 4.69) is 0 Å². The predicted molar refractivity (Wildman–Crippen MR) is 83.6 cm³/mol. The van der Waals surface area contributed by atoms with Crippen molar-refractivity contribution in [3.05, 3.63) is 63.8 Å². The molecule has 0 saturated carbocycles. The molecule has 0 radical (unpaired) electrons. The van der Waals surface area contributed by atoms with Crippen LogP contribution in [0.4, 0.5) is 0 Å². The number of aliphatic hydroxyl groups is 1. The van der Waals surface area contributed by atoms with Gasteiger partial charge in [0.25, 0.3) is 0 Å². The van der Waals surface area contributed by atoms with E-state index >= 15 is 0 Å². The molecule has 3 nitrogen and oxygen atoms in total. The highest BCUT2D eigenvalue weighted by atomic mass is 16.3. The number of Topliss-reactive ketones (excluding diaryl/α,β-unsaturated/α-hetero) is 1. The molecule has 3 aliphatic carbocycles. The second-order valence-corrected chi connectivity index (χ2v) is 6.53. The van der Waals surface area contributed by atoms with Crippen molar-refractivity contribution in [2.45, 2.75) is 31.8 Å². The molecule has 110 valence electrons. The summed E-state index contributed by atoms with van der Waals surface area (Å²) >= 11 is 0. The van der Waals surface area contributed by atoms with E-state index in [4.69, 9.17) is 0 Å². The molecule has 3 heteroatoms. The summed E-state index contributed by atoms with van der Waals surface area (Å²) in [5, 5.41) is 10.4. The molecule has 1 aromatic rings. The van der Waals surface area contributed by atoms with E-state index < -0.39 is 5.60 Å². The van der Waals surface area contributed by atoms with E-state index in [-0.39, 0.29) is 11.6 Å². The zero-order valence-corrected chi connectivity index (χ0v) is 12.3. The van der Waals surface area contributed by atoms with Gasteiger partial charge in [-0.05, 0) is 48.6 Å². The fourth-order valence-electron chi connectivity index (χ4n) is 3.57. The van der Waals surface area contributed by atoms with Gasteiger partial charge in [0.15, 0.2) is 11.6 Å². The molecular weight excluding hydrogens is 276 g/mol. The molecule has 4 rings (SSSR count). The Morgan fingerprint density at radius 3 is 2.82 bits per heavy atom. The minimum atomic E-state index is -0.754. The van der Waals surface area contributed by atoms with Crippen LogP contribution in [-0.4, -0.2) is 22.3 Å². The van der Waals surface area contributed by atoms with Crippen molar-refractivity contribution in [3.63, 3.8) is 0 Å². The quantitative estimate of drug-likeness (QED) is 0.799. The summed E-state index contributed by atoms with van der Waals surface area (Å²) < 4.78 is 0. The Morgan fingerprint density at radius 1 is 1.18 bits per heavy atom. The van der Waals surface area contributed by atoms with Crippen molar-refractivity contribution >= 4 is 17.6 Å². The van der Waals surface area contributed by atoms with Crippen molar-refractivity contribution < 1.29 is 14.7 Å². The van der Waals surface area contributed by atoms with Gasteiger partial charge in [-0.25, -0.2) is 0 Å². The van der Waals surface area contributed by atoms with Gasteiger partial charge in [-0.3, -0.25) is 9.59 Å². The Bertz CT molecular complexity index is 819. The first-order valence-electron chi connectivity index (χ1n) is 7.53. The molecule has 3 aliphatic rings. The maximum absolute atomic E-state index is 12.7. The summed E-state index contributed by atoms with van der Waals surface area (Å²) in [5.74, 6) is -0.227. The number of aryl methyl sites for hydroxylation is 1. The number of hydrogen-bond acceptors (Lipinski definition) is 3. The van der Waals surface area contributed by atoms with E-state index in [0.29, 0.717) is 23.1 Å². The molecule has 0 bridgehead atoms. The molecule has 1 N–H and O–H groups in total. The highest BCUT2D eigenvalue weighted by Gasteiger charge is 2.34. The average molecular weight is 292 g/mol. The molecule has 0 saturated heterocycles. The van der Waals surface area contributed by atoms with Crippen LogP contribution in [-0.2, 0) is 17.6 Å². The second-order valence-electron chi connectivity index (χ2n) is 6.53. The Labute approximate surface area is 128 Å². The number of carbonyl (C=O) groups is 2. The van der Waals surface area contributed by atoms with Crippen LogP contribution < -0.4 is 0 Å². The van der Waals surface area contributed by atoms with Gasteiger partial charge >= 0.3 is 0 Å². The largest absolute Gasteiger partial charge is 0.390 e. The predicted octanol–water partition coefficient (Wildman–Crippen LogP) is 2.57. The summed E-state index contributed by atoms with van der Waals surface area (Å²) in [7, 11) is 0. The fourth-order valence-corrected chi connectivity index (χ4v) is 3.57. The van der Waals surface area contributed by atoms with Crippen molar-refractivity contribution in [2.24, 2.45) is 0 Å². The van der Waals surface area contributed by atoms with E-state index in [1.165, 1.54) is 11.6 Å². The fraction of sp³-hybridized carbons (Fsp3) is 0.263. The normalized spacial score (nSPS) is 25.9. The van der Waals surface area contributed by atoms with E-state index in [9.17, 15) is 14.7 Å². The first-order chi connectivity index (χ1) is 10.5. The first-order valence-corrected chi connectivity index (χ1v) is 7.53. The van der Waals surface area contributed by atoms with Gasteiger partial charge in [0, 0.05) is 23.1 Å². The number of carbonyl (C=O) groups excluding carboxylic acids is 2. The molecule has 0 fully saturated rings. The molecule has 1 aromatic carbocycles. The van der Waals surface area contributed by atoms with Crippen LogP contribution in [0.5, 0.6) is 0 Å². The minimum Gasteiger partial charge on any atom is -0.390 e. The summed E-state index contributed by atoms with van der Waals surface area (Å²) in [6, 6.07) is 3.84. The topological polar surface area (TPSA) is 54.4 Å². The third-order valence-corrected chi connectivity index (χ3v) is 4.79. The lowest BCUT2D eigenvalue weighted by Gasteiger charge is -2.33. The lowest BCUT2D eigenvalue weighted by Crippen LogP contribution is -2.33. The van der Waals surface area contributed by atoms with Gasteiger partial charge in [-0.15, -0.1) is 0 Å². The molecule has 22 heavy (non-hydrogen) atoms. The maximum Gasteiger partial charge on any atom is 0.194 e. The van der Waals surface area contributed by atoms with Crippen LogP contribution in [0.3, 0.4) is 0 Å². The minimum absolute atomic E-state index is 0.0989. The number of rotatable bonds is 0. The lowest BCUT2D eigenvalue weighted by molar-refractivity contribution is -0.111. The number of ketones is 2. The highest BCUT2D eigenvalue weighted by molar-refractivity contribution is 6.27. The van der Waals surface area contributed by atoms with Crippen LogP contribution in [0.25, 0.3) is 6.08 Å². The van der Waals surface area contributed by atoms with E-state index in [0.717, 1.165) is 24.0 Å². The highest BCUT2D eigenvalue weighted by Crippen LogP contribution is 2.38. The molecule has 0 unspecified atom stereocenters. The summed E-state index contributed by atoms with van der Waals surface area (Å²) in [6.07, 6.45) is 8.67. The van der Waals surface area contributed by atoms with Crippen LogP contribution in [0.15, 0.2) is 41.5 Å². The summed E-state index contributed by atoms with van der Waals surface area (Å²) in [6.45, 7) is 1.83. The van der Waals surface area contributed by atoms with Gasteiger partial charge < -0.3 is 5.11 Å². The Hall–Kier alpha value is -2.26. The molecule has 0 aromatic heterocycles. The summed E-state index contributed by atoms with van der Waals surface area (Å²) in [4.78, 5) is 24.8. The van der Waals surface area contributed by atoms with E-state index in [1.54, 1.807) is 12.2 Å². The van der Waals surface area contributed by atoms with Crippen LogP contribution in [0, 0.1) is 0 Å². The third-order valence-electron chi connectivity index (χ3n) is 4.79. The number of allylic oxidation sites excluding steroid dienone is 5. The second kappa shape index (κ2) is 4.37. The van der Waals surface area contributed by atoms with Crippen LogP contribution in [0.1, 0.15) is 40.4 Å². The molecule has 1 atom stereocenters. The Morgan fingerprint density at radius 2 is 2.00 bits per heavy atom. The smallest absolute Gasteiger partial charge is 0.194 e. The van der Waals surface area contributed by atoms with Crippen molar-refractivity contribution in [3.8, 4) is 0 Å². The third kappa shape index (κ3) is 1.86. The molecule has 0 heterocycles. The number of fused-ring (bicyclic) bond motifs is 4. The van der Waals surface area contributed by atoms with Gasteiger partial charge in [0.1, 0.15) is 0 Å². The molecule has 0 amide bonds. The SMILES string of the molecule is C[C@]1(O)CCc2ccc3c(c2C1)C=C1C(=O)C=CC=C1C3=O. The lowest BCUT2D eigenvalue weighted by atomic mass is 9.74. The zero-order valence-electron chi connectivity index (χ0n) is 12.3. The van der Waals surface area contributed by atoms with E-state index in [1.807, 2.05) is 25.1 Å². The Balaban J connectivity index is 1.96. The van der Waals surface area contributed by atoms with Crippen LogP contribution in [0.2, 0.25) is 0 Å². The van der Waals surface area contributed by atoms with Crippen molar-refractivity contribution in [2.75, 3.05) is 0 Å². The first kappa shape index (κ1) is 13.4.